The minimum Gasteiger partial charge on any atom is -0.456 e. The lowest BCUT2D eigenvalue weighted by Gasteiger charge is -2.20. The third-order valence-electron chi connectivity index (χ3n) is 14.6. The van der Waals surface area contributed by atoms with Crippen molar-refractivity contribution in [1.29, 1.82) is 0 Å². The zero-order valence-electron chi connectivity index (χ0n) is 36.7. The molecule has 0 N–H and O–H groups in total. The molecule has 3 nitrogen and oxygen atoms in total. The zero-order chi connectivity index (χ0) is 44.5. The summed E-state index contributed by atoms with van der Waals surface area (Å²) in [5.41, 5.74) is 21.2. The monoisotopic (exact) mass is 862 g/mol. The average Bonchev–Trinajstić information content (AvgIpc) is 4.07. The second-order valence-electron chi connectivity index (χ2n) is 18.1. The van der Waals surface area contributed by atoms with Crippen molar-refractivity contribution in [2.24, 2.45) is 0 Å². The number of fused-ring (bicyclic) bond motifs is 12. The van der Waals surface area contributed by atoms with E-state index in [-0.39, 0.29) is 0 Å². The van der Waals surface area contributed by atoms with Gasteiger partial charge in [0.2, 0.25) is 0 Å². The summed E-state index contributed by atoms with van der Waals surface area (Å²) in [6.07, 6.45) is 1.88. The quantitative estimate of drug-likeness (QED) is 0.173. The molecule has 68 heavy (non-hydrogen) atoms. The first kappa shape index (κ1) is 37.2. The van der Waals surface area contributed by atoms with Crippen LogP contribution in [0.2, 0.25) is 0 Å². The Morgan fingerprint density at radius 1 is 0.324 bits per heavy atom. The van der Waals surface area contributed by atoms with Gasteiger partial charge >= 0.3 is 0 Å². The SMILES string of the molecule is c1ccc(-c2c3c(c(-c4ccccc4)c4ccccc24)-c2ccc(-c4ccc(-c5ccc6c(c5)c5ccc7ncccc7c5n6-c5ccc6oc7ccccc7c6c5)cc4)c4cccc-3c24)cc1. The lowest BCUT2D eigenvalue weighted by atomic mass is 9.82. The third kappa shape index (κ3) is 5.27. The van der Waals surface area contributed by atoms with Crippen LogP contribution in [-0.4, -0.2) is 9.55 Å². The van der Waals surface area contributed by atoms with Gasteiger partial charge in [-0.15, -0.1) is 0 Å². The van der Waals surface area contributed by atoms with Gasteiger partial charge in [0.1, 0.15) is 11.2 Å². The molecule has 0 fully saturated rings. The summed E-state index contributed by atoms with van der Waals surface area (Å²) < 4.78 is 8.66. The molecule has 3 aromatic heterocycles. The van der Waals surface area contributed by atoms with E-state index in [1.54, 1.807) is 0 Å². The van der Waals surface area contributed by atoms with Crippen molar-refractivity contribution in [2.75, 3.05) is 0 Å². The Morgan fingerprint density at radius 3 is 1.71 bits per heavy atom. The summed E-state index contributed by atoms with van der Waals surface area (Å²) in [6.45, 7) is 0. The summed E-state index contributed by atoms with van der Waals surface area (Å²) in [6, 6.07) is 82.1. The number of benzene rings is 11. The summed E-state index contributed by atoms with van der Waals surface area (Å²) in [5, 5.41) is 10.9. The highest BCUT2D eigenvalue weighted by Crippen LogP contribution is 2.58. The van der Waals surface area contributed by atoms with Crippen LogP contribution in [0, 0.1) is 0 Å². The smallest absolute Gasteiger partial charge is 0.135 e. The molecule has 0 bridgehead atoms. The molecular weight excluding hydrogens is 825 g/mol. The van der Waals surface area contributed by atoms with Crippen LogP contribution in [0.5, 0.6) is 0 Å². The van der Waals surface area contributed by atoms with E-state index in [2.05, 4.69) is 211 Å². The molecule has 11 aromatic carbocycles. The van der Waals surface area contributed by atoms with Gasteiger partial charge in [-0.05, 0) is 143 Å². The molecule has 3 heteroatoms. The topological polar surface area (TPSA) is 31.0 Å². The second kappa shape index (κ2) is 14.2. The van der Waals surface area contributed by atoms with Crippen molar-refractivity contribution in [3.05, 3.63) is 231 Å². The van der Waals surface area contributed by atoms with Crippen LogP contribution in [0.3, 0.4) is 0 Å². The number of hydrogen-bond acceptors (Lipinski definition) is 2. The zero-order valence-corrected chi connectivity index (χ0v) is 36.7. The van der Waals surface area contributed by atoms with Gasteiger partial charge in [0.15, 0.2) is 0 Å². The van der Waals surface area contributed by atoms with Crippen LogP contribution in [0.25, 0.3) is 149 Å². The van der Waals surface area contributed by atoms with Crippen molar-refractivity contribution in [1.82, 2.24) is 9.55 Å². The van der Waals surface area contributed by atoms with Crippen molar-refractivity contribution in [2.45, 2.75) is 0 Å². The number of rotatable bonds is 5. The summed E-state index contributed by atoms with van der Waals surface area (Å²) in [7, 11) is 0. The van der Waals surface area contributed by atoms with Crippen LogP contribution < -0.4 is 0 Å². The van der Waals surface area contributed by atoms with Crippen molar-refractivity contribution >= 4 is 76.2 Å². The molecule has 0 amide bonds. The first-order chi connectivity index (χ1) is 33.7. The van der Waals surface area contributed by atoms with Gasteiger partial charge in [0, 0.05) is 38.8 Å². The molecule has 15 rings (SSSR count). The first-order valence-electron chi connectivity index (χ1n) is 23.4. The Balaban J connectivity index is 0.882. The van der Waals surface area contributed by atoms with Gasteiger partial charge < -0.3 is 8.98 Å². The first-order valence-corrected chi connectivity index (χ1v) is 23.4. The Hall–Kier alpha value is -9.05. The van der Waals surface area contributed by atoms with Crippen LogP contribution >= 0.6 is 0 Å². The maximum atomic E-state index is 6.25. The van der Waals surface area contributed by atoms with E-state index in [4.69, 9.17) is 9.40 Å². The van der Waals surface area contributed by atoms with Crippen molar-refractivity contribution < 1.29 is 4.42 Å². The predicted octanol–water partition coefficient (Wildman–Crippen LogP) is 17.9. The lowest BCUT2D eigenvalue weighted by molar-refractivity contribution is 0.669. The summed E-state index contributed by atoms with van der Waals surface area (Å²) in [4.78, 5) is 4.78. The van der Waals surface area contributed by atoms with E-state index in [0.717, 1.165) is 49.6 Å². The fourth-order valence-corrected chi connectivity index (χ4v) is 11.7. The second-order valence-corrected chi connectivity index (χ2v) is 18.1. The van der Waals surface area contributed by atoms with Crippen LogP contribution in [-0.2, 0) is 0 Å². The standard InChI is InChI=1S/C65H38N2O/c1-3-13-41(14-4-1)60-48-18-7-8-19-49(48)61(42-15-5-2-6-16-42)64-53-31-30-45(47-20-11-21-52(62(47)53)63(60)64)40-26-24-39(25-27-40)43-28-34-57-54(37-43)50-32-33-56-51(22-12-36-66-56)65(50)67(57)44-29-35-59-55(38-44)46-17-9-10-23-58(46)68-59/h1-38H. The maximum absolute atomic E-state index is 6.25. The van der Waals surface area contributed by atoms with Gasteiger partial charge in [-0.25, -0.2) is 0 Å². The molecule has 1 aliphatic rings. The number of furan rings is 1. The minimum absolute atomic E-state index is 0.887. The normalized spacial score (nSPS) is 12.1. The largest absolute Gasteiger partial charge is 0.456 e. The number of hydrogen-bond donors (Lipinski definition) is 0. The molecule has 0 saturated carbocycles. The molecule has 0 saturated heterocycles. The van der Waals surface area contributed by atoms with E-state index in [9.17, 15) is 0 Å². The molecule has 14 aromatic rings. The highest BCUT2D eigenvalue weighted by Gasteiger charge is 2.31. The number of para-hydroxylation sites is 1. The molecule has 0 aliphatic heterocycles. The van der Waals surface area contributed by atoms with E-state index in [0.29, 0.717) is 0 Å². The maximum Gasteiger partial charge on any atom is 0.135 e. The van der Waals surface area contributed by atoms with E-state index in [1.165, 1.54) is 99.1 Å². The highest BCUT2D eigenvalue weighted by molar-refractivity contribution is 6.29. The van der Waals surface area contributed by atoms with E-state index in [1.807, 2.05) is 24.4 Å². The van der Waals surface area contributed by atoms with E-state index >= 15 is 0 Å². The predicted molar refractivity (Wildman–Crippen MR) is 285 cm³/mol. The Morgan fingerprint density at radius 2 is 0.941 bits per heavy atom. The van der Waals surface area contributed by atoms with Crippen molar-refractivity contribution in [3.8, 4) is 72.4 Å². The summed E-state index contributed by atoms with van der Waals surface area (Å²) in [5.74, 6) is 0. The molecule has 0 atom stereocenters. The van der Waals surface area contributed by atoms with Gasteiger partial charge in [-0.2, -0.15) is 0 Å². The lowest BCUT2D eigenvalue weighted by Crippen LogP contribution is -1.94. The van der Waals surface area contributed by atoms with Gasteiger partial charge in [-0.3, -0.25) is 4.98 Å². The fraction of sp³-hybridized carbons (Fsp3) is 0. The molecule has 314 valence electrons. The Bertz CT molecular complexity index is 4310. The Kier molecular flexibility index (Phi) is 7.78. The average molecular weight is 863 g/mol. The van der Waals surface area contributed by atoms with Gasteiger partial charge in [0.25, 0.3) is 0 Å². The van der Waals surface area contributed by atoms with Crippen LogP contribution in [0.1, 0.15) is 0 Å². The van der Waals surface area contributed by atoms with Gasteiger partial charge in [-0.1, -0.05) is 170 Å². The van der Waals surface area contributed by atoms with Gasteiger partial charge in [0.05, 0.1) is 16.6 Å². The van der Waals surface area contributed by atoms with E-state index < -0.39 is 0 Å². The van der Waals surface area contributed by atoms with Crippen LogP contribution in [0.4, 0.5) is 0 Å². The fourth-order valence-electron chi connectivity index (χ4n) is 11.7. The Labute approximate surface area is 391 Å². The molecule has 0 spiro atoms. The number of nitrogens with zero attached hydrogens (tertiary/aromatic N) is 2. The minimum atomic E-state index is 0.887. The molecule has 3 heterocycles. The molecule has 0 unspecified atom stereocenters. The summed E-state index contributed by atoms with van der Waals surface area (Å²) >= 11 is 0. The molecule has 1 aliphatic carbocycles. The van der Waals surface area contributed by atoms with Crippen molar-refractivity contribution in [3.63, 3.8) is 0 Å². The number of pyridine rings is 1. The molecular formula is C65H38N2O. The third-order valence-corrected chi connectivity index (χ3v) is 14.6. The van der Waals surface area contributed by atoms with Crippen LogP contribution in [0.15, 0.2) is 235 Å². The number of aromatic nitrogens is 2. The highest BCUT2D eigenvalue weighted by atomic mass is 16.3. The molecule has 0 radical (unpaired) electrons.